The monoisotopic (exact) mass is 355 g/mol. The van der Waals surface area contributed by atoms with Crippen LogP contribution in [0.1, 0.15) is 5.56 Å². The van der Waals surface area contributed by atoms with Crippen LogP contribution >= 0.6 is 11.6 Å². The molecule has 0 atom stereocenters. The van der Waals surface area contributed by atoms with Crippen LogP contribution in [-0.4, -0.2) is 36.9 Å². The summed E-state index contributed by atoms with van der Waals surface area (Å²) in [6, 6.07) is 14.1. The van der Waals surface area contributed by atoms with Gasteiger partial charge in [-0.15, -0.1) is 6.42 Å². The first-order valence-corrected chi connectivity index (χ1v) is 7.96. The summed E-state index contributed by atoms with van der Waals surface area (Å²) in [5.74, 6) is 1.97. The number of amides is 2. The Morgan fingerprint density at radius 1 is 1.20 bits per heavy atom. The van der Waals surface area contributed by atoms with Gasteiger partial charge in [-0.25, -0.2) is 0 Å². The van der Waals surface area contributed by atoms with Gasteiger partial charge in [0.15, 0.2) is 0 Å². The summed E-state index contributed by atoms with van der Waals surface area (Å²) in [4.78, 5) is 25.5. The molecule has 6 heteroatoms. The Morgan fingerprint density at radius 3 is 2.68 bits per heavy atom. The topological polar surface area (TPSA) is 61.4 Å². The van der Waals surface area contributed by atoms with Crippen LogP contribution in [-0.2, 0) is 9.59 Å². The molecule has 2 rings (SSSR count). The smallest absolute Gasteiger partial charge is 0.243 e. The lowest BCUT2D eigenvalue weighted by Gasteiger charge is -2.18. The van der Waals surface area contributed by atoms with E-state index < -0.39 is 0 Å². The quantitative estimate of drug-likeness (QED) is 0.783. The summed E-state index contributed by atoms with van der Waals surface area (Å²) in [5, 5.41) is 6.20. The Morgan fingerprint density at radius 2 is 1.96 bits per heavy atom. The highest BCUT2D eigenvalue weighted by Gasteiger charge is 2.13. The molecule has 2 N–H and O–H groups in total. The molecule has 0 radical (unpaired) electrons. The second-order valence-electron chi connectivity index (χ2n) is 5.36. The first-order chi connectivity index (χ1) is 12.0. The van der Waals surface area contributed by atoms with Crippen LogP contribution in [0, 0.1) is 12.3 Å². The highest BCUT2D eigenvalue weighted by atomic mass is 35.5. The van der Waals surface area contributed by atoms with Crippen LogP contribution < -0.4 is 10.6 Å². The molecule has 2 amide bonds. The van der Waals surface area contributed by atoms with E-state index in [1.165, 1.54) is 4.90 Å². The summed E-state index contributed by atoms with van der Waals surface area (Å²) in [6.07, 6.45) is 5.33. The van der Waals surface area contributed by atoms with Crippen LogP contribution in [0.25, 0.3) is 0 Å². The Balaban J connectivity index is 1.84. The number of para-hydroxylation sites is 1. The number of anilines is 2. The van der Waals surface area contributed by atoms with Crippen LogP contribution in [0.5, 0.6) is 0 Å². The molecule has 0 heterocycles. The van der Waals surface area contributed by atoms with E-state index in [4.69, 9.17) is 18.0 Å². The van der Waals surface area contributed by atoms with Gasteiger partial charge in [0.2, 0.25) is 11.8 Å². The van der Waals surface area contributed by atoms with Crippen LogP contribution in [0.15, 0.2) is 48.5 Å². The van der Waals surface area contributed by atoms with Crippen molar-refractivity contribution in [1.29, 1.82) is 0 Å². The number of rotatable bonds is 6. The zero-order valence-electron chi connectivity index (χ0n) is 13.8. The van der Waals surface area contributed by atoms with Crippen LogP contribution in [0.4, 0.5) is 11.4 Å². The zero-order valence-corrected chi connectivity index (χ0v) is 14.5. The van der Waals surface area contributed by atoms with Crippen molar-refractivity contribution in [1.82, 2.24) is 4.90 Å². The van der Waals surface area contributed by atoms with Crippen LogP contribution in [0.3, 0.4) is 0 Å². The molecule has 25 heavy (non-hydrogen) atoms. The molecule has 0 aliphatic heterocycles. The molecule has 128 valence electrons. The second kappa shape index (κ2) is 8.76. The van der Waals surface area contributed by atoms with E-state index in [0.29, 0.717) is 22.0 Å². The average molecular weight is 356 g/mol. The molecule has 0 aromatic heterocycles. The predicted octanol–water partition coefficient (Wildman–Crippen LogP) is 2.83. The Kier molecular flexibility index (Phi) is 6.44. The number of carbonyl (C=O) groups excluding carboxylic acids is 2. The Hall–Kier alpha value is -2.97. The first-order valence-electron chi connectivity index (χ1n) is 7.58. The molecule has 0 bridgehead atoms. The van der Waals surface area contributed by atoms with Gasteiger partial charge in [-0.3, -0.25) is 9.59 Å². The van der Waals surface area contributed by atoms with Crippen molar-refractivity contribution >= 4 is 34.8 Å². The van der Waals surface area contributed by atoms with Gasteiger partial charge in [0.05, 0.1) is 23.8 Å². The largest absolute Gasteiger partial charge is 0.375 e. The van der Waals surface area contributed by atoms with E-state index in [2.05, 4.69) is 16.6 Å². The lowest BCUT2D eigenvalue weighted by atomic mass is 10.2. The summed E-state index contributed by atoms with van der Waals surface area (Å²) in [7, 11) is 1.56. The number of hydrogen-bond donors (Lipinski definition) is 2. The van der Waals surface area contributed by atoms with Crippen molar-refractivity contribution < 1.29 is 9.59 Å². The standard InChI is InChI=1S/C19H18ClN3O2/c1-3-14-7-6-8-15(11-14)22-18(24)13-23(2)19(25)12-21-17-10-5-4-9-16(17)20/h1,4-11,21H,12-13H2,2H3,(H,22,24). The van der Waals surface area contributed by atoms with Gasteiger partial charge in [-0.2, -0.15) is 0 Å². The van der Waals surface area contributed by atoms with Crippen molar-refractivity contribution in [3.8, 4) is 12.3 Å². The SMILES string of the molecule is C#Cc1cccc(NC(=O)CN(C)C(=O)CNc2ccccc2Cl)c1. The third-order valence-corrected chi connectivity index (χ3v) is 3.75. The number of carbonyl (C=O) groups is 2. The van der Waals surface area contributed by atoms with Gasteiger partial charge in [0.1, 0.15) is 0 Å². The molecule has 0 aliphatic carbocycles. The normalized spacial score (nSPS) is 9.80. The van der Waals surface area contributed by atoms with Crippen LogP contribution in [0.2, 0.25) is 5.02 Å². The lowest BCUT2D eigenvalue weighted by Crippen LogP contribution is -2.38. The minimum absolute atomic E-state index is 0.0418. The first kappa shape index (κ1) is 18.4. The zero-order chi connectivity index (χ0) is 18.2. The molecule has 0 fully saturated rings. The molecule has 0 aliphatic rings. The molecule has 0 saturated carbocycles. The summed E-state index contributed by atoms with van der Waals surface area (Å²) in [6.45, 7) is -0.0244. The van der Waals surface area contributed by atoms with Crippen molar-refractivity contribution in [3.05, 3.63) is 59.1 Å². The van der Waals surface area contributed by atoms with E-state index in [1.807, 2.05) is 6.07 Å². The fraction of sp³-hybridized carbons (Fsp3) is 0.158. The van der Waals surface area contributed by atoms with E-state index >= 15 is 0 Å². The maximum Gasteiger partial charge on any atom is 0.243 e. The number of benzene rings is 2. The Bertz CT molecular complexity index is 814. The minimum atomic E-state index is -0.303. The third kappa shape index (κ3) is 5.55. The molecule has 2 aromatic carbocycles. The number of hydrogen-bond acceptors (Lipinski definition) is 3. The van der Waals surface area contributed by atoms with Gasteiger partial charge >= 0.3 is 0 Å². The van der Waals surface area contributed by atoms with Crippen molar-refractivity contribution in [3.63, 3.8) is 0 Å². The van der Waals surface area contributed by atoms with E-state index in [-0.39, 0.29) is 24.9 Å². The summed E-state index contributed by atoms with van der Waals surface area (Å²) in [5.41, 5.74) is 1.93. The van der Waals surface area contributed by atoms with Gasteiger partial charge in [-0.05, 0) is 30.3 Å². The fourth-order valence-corrected chi connectivity index (χ4v) is 2.30. The molecular formula is C19H18ClN3O2. The number of halogens is 1. The summed E-state index contributed by atoms with van der Waals surface area (Å²) >= 11 is 6.02. The number of likely N-dealkylation sites (N-methyl/N-ethyl adjacent to an activating group) is 1. The highest BCUT2D eigenvalue weighted by Crippen LogP contribution is 2.20. The molecule has 0 spiro atoms. The fourth-order valence-electron chi connectivity index (χ4n) is 2.10. The minimum Gasteiger partial charge on any atom is -0.375 e. The molecule has 0 saturated heterocycles. The second-order valence-corrected chi connectivity index (χ2v) is 5.76. The van der Waals surface area contributed by atoms with E-state index in [1.54, 1.807) is 49.5 Å². The number of nitrogens with one attached hydrogen (secondary N) is 2. The molecular weight excluding hydrogens is 338 g/mol. The van der Waals surface area contributed by atoms with Gasteiger partial charge in [0, 0.05) is 18.3 Å². The molecule has 5 nitrogen and oxygen atoms in total. The lowest BCUT2D eigenvalue weighted by molar-refractivity contribution is -0.131. The van der Waals surface area contributed by atoms with Crippen molar-refractivity contribution in [2.75, 3.05) is 30.8 Å². The molecule has 0 unspecified atom stereocenters. The third-order valence-electron chi connectivity index (χ3n) is 3.42. The van der Waals surface area contributed by atoms with Gasteiger partial charge < -0.3 is 15.5 Å². The van der Waals surface area contributed by atoms with Crippen molar-refractivity contribution in [2.24, 2.45) is 0 Å². The van der Waals surface area contributed by atoms with Crippen molar-refractivity contribution in [2.45, 2.75) is 0 Å². The molecule has 2 aromatic rings. The van der Waals surface area contributed by atoms with Gasteiger partial charge in [0.25, 0.3) is 0 Å². The number of nitrogens with zero attached hydrogens (tertiary/aromatic N) is 1. The van der Waals surface area contributed by atoms with E-state index in [0.717, 1.165) is 0 Å². The predicted molar refractivity (Wildman–Crippen MR) is 101 cm³/mol. The highest BCUT2D eigenvalue weighted by molar-refractivity contribution is 6.33. The maximum atomic E-state index is 12.1. The average Bonchev–Trinajstić information content (AvgIpc) is 2.60. The van der Waals surface area contributed by atoms with E-state index in [9.17, 15) is 9.59 Å². The Labute approximate surface area is 152 Å². The maximum absolute atomic E-state index is 12.1. The number of terminal acetylenes is 1. The van der Waals surface area contributed by atoms with Gasteiger partial charge in [-0.1, -0.05) is 35.7 Å². The summed E-state index contributed by atoms with van der Waals surface area (Å²) < 4.78 is 0.